The second-order valence-electron chi connectivity index (χ2n) is 5.88. The van der Waals surface area contributed by atoms with Gasteiger partial charge in [0.05, 0.1) is 0 Å². The monoisotopic (exact) mass is 327 g/mol. The van der Waals surface area contributed by atoms with Gasteiger partial charge in [0.25, 0.3) is 5.56 Å². The minimum atomic E-state index is -0.250. The van der Waals surface area contributed by atoms with Crippen molar-refractivity contribution in [1.29, 1.82) is 0 Å². The van der Waals surface area contributed by atoms with E-state index < -0.39 is 0 Å². The molecule has 0 saturated heterocycles. The number of nitrogens with one attached hydrogen (secondary N) is 4. The number of nitrogens with zero attached hydrogens (tertiary/aromatic N) is 1. The number of carbonyl (C=O) groups is 1. The van der Waals surface area contributed by atoms with E-state index in [4.69, 9.17) is 0 Å². The van der Waals surface area contributed by atoms with Gasteiger partial charge in [0, 0.05) is 30.5 Å². The molecule has 24 heavy (non-hydrogen) atoms. The Hall–Kier alpha value is -2.83. The van der Waals surface area contributed by atoms with E-state index in [0.29, 0.717) is 24.7 Å². The summed E-state index contributed by atoms with van der Waals surface area (Å²) < 4.78 is 0. The minimum absolute atomic E-state index is 0.202. The zero-order chi connectivity index (χ0) is 16.9. The van der Waals surface area contributed by atoms with Gasteiger partial charge in [-0.2, -0.15) is 0 Å². The predicted octanol–water partition coefficient (Wildman–Crippen LogP) is 1.80. The maximum atomic E-state index is 11.9. The smallest absolute Gasteiger partial charge is 0.319 e. The van der Waals surface area contributed by atoms with Gasteiger partial charge >= 0.3 is 6.03 Å². The largest absolute Gasteiger partial charge is 0.354 e. The summed E-state index contributed by atoms with van der Waals surface area (Å²) in [6.07, 6.45) is 3.40. The third kappa shape index (κ3) is 4.13. The number of amides is 2. The van der Waals surface area contributed by atoms with Crippen LogP contribution in [0.15, 0.2) is 29.1 Å². The predicted molar refractivity (Wildman–Crippen MR) is 93.6 cm³/mol. The van der Waals surface area contributed by atoms with Gasteiger partial charge in [0.1, 0.15) is 0 Å². The molecule has 1 aliphatic rings. The number of hydrogen-bond acceptors (Lipinski definition) is 4. The second kappa shape index (κ2) is 7.16. The molecular weight excluding hydrogens is 306 g/mol. The summed E-state index contributed by atoms with van der Waals surface area (Å²) in [7, 11) is 0. The van der Waals surface area contributed by atoms with Crippen LogP contribution in [0.2, 0.25) is 0 Å². The van der Waals surface area contributed by atoms with Gasteiger partial charge in [0.2, 0.25) is 5.95 Å². The summed E-state index contributed by atoms with van der Waals surface area (Å²) in [4.78, 5) is 30.0. The molecule has 0 unspecified atom stereocenters. The molecule has 1 aliphatic carbocycles. The fraction of sp³-hybridized carbons (Fsp3) is 0.353. The molecule has 0 bridgehead atoms. The quantitative estimate of drug-likeness (QED) is 0.629. The number of H-pyrrole nitrogens is 1. The Morgan fingerprint density at radius 3 is 2.88 bits per heavy atom. The number of urea groups is 1. The number of aryl methyl sites for hydroxylation is 3. The molecule has 1 aromatic heterocycles. The summed E-state index contributed by atoms with van der Waals surface area (Å²) in [6, 6.07) is 7.23. The van der Waals surface area contributed by atoms with E-state index >= 15 is 0 Å². The summed E-state index contributed by atoms with van der Waals surface area (Å²) >= 11 is 0. The Labute approximate surface area is 139 Å². The molecule has 0 radical (unpaired) electrons. The zero-order valence-corrected chi connectivity index (χ0v) is 13.6. The molecule has 0 aliphatic heterocycles. The van der Waals surface area contributed by atoms with Crippen LogP contribution in [0.5, 0.6) is 0 Å². The van der Waals surface area contributed by atoms with Crippen molar-refractivity contribution in [3.63, 3.8) is 0 Å². The van der Waals surface area contributed by atoms with Crippen LogP contribution < -0.4 is 21.5 Å². The molecule has 2 aromatic rings. The highest BCUT2D eigenvalue weighted by molar-refractivity contribution is 5.89. The van der Waals surface area contributed by atoms with Crippen LogP contribution in [0.25, 0.3) is 0 Å². The maximum absolute atomic E-state index is 11.9. The number of aromatic amines is 1. The molecule has 1 heterocycles. The molecule has 4 N–H and O–H groups in total. The molecule has 7 heteroatoms. The Morgan fingerprint density at radius 1 is 1.21 bits per heavy atom. The highest BCUT2D eigenvalue weighted by Gasteiger charge is 2.11. The van der Waals surface area contributed by atoms with E-state index in [1.807, 2.05) is 12.1 Å². The van der Waals surface area contributed by atoms with Crippen molar-refractivity contribution in [2.45, 2.75) is 26.2 Å². The van der Waals surface area contributed by atoms with Gasteiger partial charge in [-0.25, -0.2) is 9.78 Å². The van der Waals surface area contributed by atoms with Crippen LogP contribution in [0.3, 0.4) is 0 Å². The van der Waals surface area contributed by atoms with E-state index in [1.165, 1.54) is 23.6 Å². The van der Waals surface area contributed by atoms with Crippen molar-refractivity contribution in [1.82, 2.24) is 15.3 Å². The fourth-order valence-electron chi connectivity index (χ4n) is 2.84. The summed E-state index contributed by atoms with van der Waals surface area (Å²) in [6.45, 7) is 2.63. The molecule has 126 valence electrons. The lowest BCUT2D eigenvalue weighted by Gasteiger charge is -2.10. The molecule has 3 rings (SSSR count). The van der Waals surface area contributed by atoms with Crippen LogP contribution in [-0.4, -0.2) is 29.1 Å². The summed E-state index contributed by atoms with van der Waals surface area (Å²) in [5.74, 6) is 0.404. The number of benzene rings is 1. The van der Waals surface area contributed by atoms with Gasteiger partial charge < -0.3 is 16.0 Å². The second-order valence-corrected chi connectivity index (χ2v) is 5.88. The molecule has 0 spiro atoms. The number of carbonyl (C=O) groups excluding carboxylic acids is 1. The van der Waals surface area contributed by atoms with Gasteiger partial charge in [-0.3, -0.25) is 9.78 Å². The molecular formula is C17H21N5O2. The van der Waals surface area contributed by atoms with Crippen molar-refractivity contribution in [2.75, 3.05) is 23.7 Å². The van der Waals surface area contributed by atoms with E-state index in [1.54, 1.807) is 6.92 Å². The van der Waals surface area contributed by atoms with Crippen molar-refractivity contribution in [3.8, 4) is 0 Å². The first-order valence-electron chi connectivity index (χ1n) is 8.09. The standard InChI is InChI=1S/C17H21N5O2/c1-11-9-15(23)22-16(20-11)18-7-8-19-17(24)21-14-6-5-12-3-2-4-13(12)10-14/h5-6,9-10H,2-4,7-8H2,1H3,(H2,19,21,24)(H2,18,20,22,23). The van der Waals surface area contributed by atoms with Crippen LogP contribution >= 0.6 is 0 Å². The van der Waals surface area contributed by atoms with Crippen molar-refractivity contribution in [2.24, 2.45) is 0 Å². The first kappa shape index (κ1) is 16.0. The normalized spacial score (nSPS) is 12.5. The molecule has 1 aromatic carbocycles. The van der Waals surface area contributed by atoms with E-state index in [-0.39, 0.29) is 11.6 Å². The molecule has 2 amide bonds. The summed E-state index contributed by atoms with van der Waals surface area (Å²) in [5.41, 5.74) is 3.95. The molecule has 0 atom stereocenters. The van der Waals surface area contributed by atoms with Crippen molar-refractivity contribution < 1.29 is 4.79 Å². The Morgan fingerprint density at radius 2 is 2.04 bits per heavy atom. The number of hydrogen-bond donors (Lipinski definition) is 4. The van der Waals surface area contributed by atoms with Crippen LogP contribution in [0.4, 0.5) is 16.4 Å². The Bertz CT molecular complexity index is 800. The first-order valence-corrected chi connectivity index (χ1v) is 8.09. The van der Waals surface area contributed by atoms with Crippen LogP contribution in [0.1, 0.15) is 23.2 Å². The average molecular weight is 327 g/mol. The van der Waals surface area contributed by atoms with Crippen molar-refractivity contribution >= 4 is 17.7 Å². The lowest BCUT2D eigenvalue weighted by Crippen LogP contribution is -2.33. The topological polar surface area (TPSA) is 98.9 Å². The lowest BCUT2D eigenvalue weighted by molar-refractivity contribution is 0.252. The highest BCUT2D eigenvalue weighted by atomic mass is 16.2. The van der Waals surface area contributed by atoms with Gasteiger partial charge in [-0.15, -0.1) is 0 Å². The van der Waals surface area contributed by atoms with E-state index in [0.717, 1.165) is 18.5 Å². The SMILES string of the molecule is Cc1cc(=O)[nH]c(NCCNC(=O)Nc2ccc3c(c2)CCC3)n1. The number of fused-ring (bicyclic) bond motifs is 1. The third-order valence-electron chi connectivity index (χ3n) is 3.93. The summed E-state index contributed by atoms with van der Waals surface area (Å²) in [5, 5.41) is 8.57. The number of aromatic nitrogens is 2. The van der Waals surface area contributed by atoms with Gasteiger partial charge in [-0.1, -0.05) is 6.07 Å². The molecule has 0 saturated carbocycles. The molecule has 0 fully saturated rings. The molecule has 7 nitrogen and oxygen atoms in total. The highest BCUT2D eigenvalue weighted by Crippen LogP contribution is 2.24. The maximum Gasteiger partial charge on any atom is 0.319 e. The van der Waals surface area contributed by atoms with Gasteiger partial charge in [-0.05, 0) is 49.4 Å². The average Bonchev–Trinajstić information content (AvgIpc) is 2.98. The number of anilines is 2. The fourth-order valence-corrected chi connectivity index (χ4v) is 2.84. The Balaban J connectivity index is 1.43. The zero-order valence-electron chi connectivity index (χ0n) is 13.6. The third-order valence-corrected chi connectivity index (χ3v) is 3.93. The minimum Gasteiger partial charge on any atom is -0.354 e. The first-order chi connectivity index (χ1) is 11.6. The Kier molecular flexibility index (Phi) is 4.79. The number of rotatable bonds is 5. The lowest BCUT2D eigenvalue weighted by atomic mass is 10.1. The van der Waals surface area contributed by atoms with E-state index in [9.17, 15) is 9.59 Å². The van der Waals surface area contributed by atoms with Crippen LogP contribution in [-0.2, 0) is 12.8 Å². The van der Waals surface area contributed by atoms with E-state index in [2.05, 4.69) is 32.0 Å². The van der Waals surface area contributed by atoms with Crippen LogP contribution in [0, 0.1) is 6.92 Å². The van der Waals surface area contributed by atoms with Crippen molar-refractivity contribution in [3.05, 3.63) is 51.4 Å². The van der Waals surface area contributed by atoms with Gasteiger partial charge in [0.15, 0.2) is 0 Å².